The summed E-state index contributed by atoms with van der Waals surface area (Å²) in [5.41, 5.74) is 0.475. The van der Waals surface area contributed by atoms with Crippen molar-refractivity contribution < 1.29 is 28.8 Å². The lowest BCUT2D eigenvalue weighted by atomic mass is 9.77. The molecule has 6 nitrogen and oxygen atoms in total. The quantitative estimate of drug-likeness (QED) is 0.848. The predicted molar refractivity (Wildman–Crippen MR) is 80.5 cm³/mol. The van der Waals surface area contributed by atoms with Crippen LogP contribution in [0.3, 0.4) is 0 Å². The first-order chi connectivity index (χ1) is 11.1. The summed E-state index contributed by atoms with van der Waals surface area (Å²) in [5, 5.41) is 10.4. The highest BCUT2D eigenvalue weighted by Crippen LogP contribution is 2.44. The van der Waals surface area contributed by atoms with Crippen LogP contribution in [0.15, 0.2) is 30.3 Å². The van der Waals surface area contributed by atoms with E-state index in [2.05, 4.69) is 0 Å². The molecule has 0 spiro atoms. The van der Waals surface area contributed by atoms with Crippen LogP contribution < -0.4 is 0 Å². The molecule has 0 radical (unpaired) electrons. The van der Waals surface area contributed by atoms with Crippen molar-refractivity contribution in [2.24, 2.45) is 11.8 Å². The molecule has 1 aliphatic carbocycles. The number of methoxy groups -OCH3 is 2. The number of carbonyl (C=O) groups is 1. The van der Waals surface area contributed by atoms with Crippen molar-refractivity contribution in [2.75, 3.05) is 14.2 Å². The molecule has 0 amide bonds. The summed E-state index contributed by atoms with van der Waals surface area (Å²) in [6.45, 7) is 0. The van der Waals surface area contributed by atoms with Crippen molar-refractivity contribution >= 4 is 5.97 Å². The molecule has 126 valence electrons. The minimum Gasteiger partial charge on any atom is -0.456 e. The topological polar surface area (TPSA) is 74.2 Å². The van der Waals surface area contributed by atoms with Crippen molar-refractivity contribution in [1.29, 1.82) is 0 Å². The number of hydrogen-bond donors (Lipinski definition) is 1. The largest absolute Gasteiger partial charge is 0.456 e. The maximum absolute atomic E-state index is 12.2. The van der Waals surface area contributed by atoms with E-state index in [0.717, 1.165) is 0 Å². The van der Waals surface area contributed by atoms with Gasteiger partial charge in [-0.25, -0.2) is 4.79 Å². The SMILES string of the molecule is CO[C@H]1O[C@@H](OC)[C@@H]2C[C@@H](OC(=O)c3ccccc3)[C@@H](O)C[C@H]12. The average molecular weight is 322 g/mol. The van der Waals surface area contributed by atoms with Gasteiger partial charge in [-0.1, -0.05) is 18.2 Å². The van der Waals surface area contributed by atoms with Gasteiger partial charge in [0.05, 0.1) is 11.7 Å². The highest BCUT2D eigenvalue weighted by atomic mass is 16.8. The highest BCUT2D eigenvalue weighted by molar-refractivity contribution is 5.89. The van der Waals surface area contributed by atoms with Crippen LogP contribution >= 0.6 is 0 Å². The van der Waals surface area contributed by atoms with Crippen molar-refractivity contribution in [3.63, 3.8) is 0 Å². The number of esters is 1. The number of carbonyl (C=O) groups excluding carboxylic acids is 1. The molecule has 6 atom stereocenters. The van der Waals surface area contributed by atoms with Crippen LogP contribution in [-0.4, -0.2) is 50.1 Å². The normalized spacial score (nSPS) is 36.5. The van der Waals surface area contributed by atoms with Gasteiger partial charge >= 0.3 is 5.97 Å². The molecule has 3 rings (SSSR count). The summed E-state index contributed by atoms with van der Waals surface area (Å²) in [4.78, 5) is 12.2. The van der Waals surface area contributed by atoms with Gasteiger partial charge in [0.1, 0.15) is 6.10 Å². The van der Waals surface area contributed by atoms with Crippen LogP contribution in [0.5, 0.6) is 0 Å². The van der Waals surface area contributed by atoms with Gasteiger partial charge in [-0.2, -0.15) is 0 Å². The first-order valence-electron chi connectivity index (χ1n) is 7.79. The molecular formula is C17H22O6. The molecule has 1 heterocycles. The number of rotatable bonds is 4. The molecule has 1 N–H and O–H groups in total. The molecule has 2 fully saturated rings. The van der Waals surface area contributed by atoms with E-state index in [1.165, 1.54) is 0 Å². The molecule has 1 aromatic rings. The Balaban J connectivity index is 1.69. The number of aliphatic hydroxyl groups is 1. The third-order valence-corrected chi connectivity index (χ3v) is 4.70. The molecule has 1 aromatic carbocycles. The summed E-state index contributed by atoms with van der Waals surface area (Å²) in [6, 6.07) is 8.77. The van der Waals surface area contributed by atoms with E-state index in [9.17, 15) is 9.90 Å². The van der Waals surface area contributed by atoms with Crippen LogP contribution in [0.25, 0.3) is 0 Å². The highest BCUT2D eigenvalue weighted by Gasteiger charge is 2.51. The van der Waals surface area contributed by atoms with Crippen LogP contribution in [0.1, 0.15) is 23.2 Å². The van der Waals surface area contributed by atoms with E-state index in [1.807, 2.05) is 6.07 Å². The summed E-state index contributed by atoms with van der Waals surface area (Å²) < 4.78 is 21.9. The lowest BCUT2D eigenvalue weighted by Crippen LogP contribution is -2.44. The molecule has 6 heteroatoms. The summed E-state index contributed by atoms with van der Waals surface area (Å²) in [7, 11) is 3.16. The van der Waals surface area contributed by atoms with Crippen molar-refractivity contribution in [3.05, 3.63) is 35.9 Å². The second-order valence-electron chi connectivity index (χ2n) is 6.02. The minimum atomic E-state index is -0.735. The van der Waals surface area contributed by atoms with Gasteiger partial charge in [-0.15, -0.1) is 0 Å². The van der Waals surface area contributed by atoms with Gasteiger partial charge in [-0.3, -0.25) is 0 Å². The van der Waals surface area contributed by atoms with E-state index >= 15 is 0 Å². The van der Waals surface area contributed by atoms with Gasteiger partial charge in [0, 0.05) is 26.1 Å². The molecule has 1 aliphatic heterocycles. The average Bonchev–Trinajstić information content (AvgIpc) is 2.92. The Morgan fingerprint density at radius 3 is 2.30 bits per heavy atom. The number of ether oxygens (including phenoxy) is 4. The smallest absolute Gasteiger partial charge is 0.338 e. The molecule has 2 aliphatic rings. The maximum Gasteiger partial charge on any atom is 0.338 e. The summed E-state index contributed by atoms with van der Waals surface area (Å²) >= 11 is 0. The van der Waals surface area contributed by atoms with E-state index < -0.39 is 30.8 Å². The lowest BCUT2D eigenvalue weighted by Gasteiger charge is -2.36. The molecule has 0 unspecified atom stereocenters. The Labute approximate surface area is 135 Å². The second-order valence-corrected chi connectivity index (χ2v) is 6.02. The van der Waals surface area contributed by atoms with Crippen molar-refractivity contribution in [2.45, 2.75) is 37.6 Å². The zero-order valence-corrected chi connectivity index (χ0v) is 13.3. The van der Waals surface area contributed by atoms with Gasteiger partial charge in [0.2, 0.25) is 0 Å². The zero-order chi connectivity index (χ0) is 16.4. The first-order valence-corrected chi connectivity index (χ1v) is 7.79. The van der Waals surface area contributed by atoms with Crippen LogP contribution in [0.2, 0.25) is 0 Å². The number of hydrogen-bond acceptors (Lipinski definition) is 6. The monoisotopic (exact) mass is 322 g/mol. The fraction of sp³-hybridized carbons (Fsp3) is 0.588. The van der Waals surface area contributed by atoms with Gasteiger partial charge in [-0.05, 0) is 25.0 Å². The fourth-order valence-electron chi connectivity index (χ4n) is 3.53. The van der Waals surface area contributed by atoms with E-state index in [1.54, 1.807) is 38.5 Å². The number of aliphatic hydroxyl groups excluding tert-OH is 1. The van der Waals surface area contributed by atoms with Crippen LogP contribution in [0, 0.1) is 11.8 Å². The maximum atomic E-state index is 12.2. The molecule has 1 saturated heterocycles. The third-order valence-electron chi connectivity index (χ3n) is 4.70. The summed E-state index contributed by atoms with van der Waals surface area (Å²) in [6.07, 6.45) is -1.17. The Bertz CT molecular complexity index is 533. The van der Waals surface area contributed by atoms with Crippen LogP contribution in [0.4, 0.5) is 0 Å². The zero-order valence-electron chi connectivity index (χ0n) is 13.3. The van der Waals surface area contributed by atoms with E-state index in [-0.39, 0.29) is 11.8 Å². The second kappa shape index (κ2) is 6.97. The van der Waals surface area contributed by atoms with Crippen molar-refractivity contribution in [1.82, 2.24) is 0 Å². The van der Waals surface area contributed by atoms with Crippen molar-refractivity contribution in [3.8, 4) is 0 Å². The van der Waals surface area contributed by atoms with Gasteiger partial charge < -0.3 is 24.1 Å². The van der Waals surface area contributed by atoms with Crippen LogP contribution in [-0.2, 0) is 18.9 Å². The Kier molecular flexibility index (Phi) is 4.96. The van der Waals surface area contributed by atoms with Gasteiger partial charge in [0.25, 0.3) is 0 Å². The number of fused-ring (bicyclic) bond motifs is 1. The Hall–Kier alpha value is -1.47. The first kappa shape index (κ1) is 16.4. The predicted octanol–water partition coefficient (Wildman–Crippen LogP) is 1.57. The minimum absolute atomic E-state index is 0.0296. The van der Waals surface area contributed by atoms with E-state index in [0.29, 0.717) is 18.4 Å². The standard InChI is InChI=1S/C17H22O6/c1-20-16-11-8-13(18)14(9-12(11)17(21-2)23-16)22-15(19)10-6-4-3-5-7-10/h3-7,11-14,16-18H,8-9H2,1-2H3/t11-,12+,13-,14+,16-,17+/m0/s1. The third kappa shape index (κ3) is 3.26. The Morgan fingerprint density at radius 2 is 1.70 bits per heavy atom. The molecule has 0 aromatic heterocycles. The summed E-state index contributed by atoms with van der Waals surface area (Å²) in [5.74, 6) is -0.363. The van der Waals surface area contributed by atoms with Gasteiger partial charge in [0.15, 0.2) is 12.6 Å². The molecule has 0 bridgehead atoms. The molecular weight excluding hydrogens is 300 g/mol. The number of benzene rings is 1. The fourth-order valence-corrected chi connectivity index (χ4v) is 3.53. The molecule has 23 heavy (non-hydrogen) atoms. The van der Waals surface area contributed by atoms with E-state index in [4.69, 9.17) is 18.9 Å². The lowest BCUT2D eigenvalue weighted by molar-refractivity contribution is -0.197. The molecule has 1 saturated carbocycles. The Morgan fingerprint density at radius 1 is 1.09 bits per heavy atom.